The standard InChI is InChI=1S/C25H50O3/c1-3-5-7-9-11-13-15-17-19-21-23(25(27)28)24(26)22-20-18-16-14-12-10-8-6-4-2/h23-24,26H,3-22H2,1-2H3,(H,27,28)/t23-,24-/m0/s1. The van der Waals surface area contributed by atoms with Gasteiger partial charge >= 0.3 is 5.97 Å². The molecule has 3 nitrogen and oxygen atoms in total. The Morgan fingerprint density at radius 3 is 1.25 bits per heavy atom. The van der Waals surface area contributed by atoms with Crippen molar-refractivity contribution in [2.75, 3.05) is 0 Å². The summed E-state index contributed by atoms with van der Waals surface area (Å²) in [5.74, 6) is -1.39. The van der Waals surface area contributed by atoms with Crippen LogP contribution < -0.4 is 0 Å². The molecule has 0 spiro atoms. The second-order valence-corrected chi connectivity index (χ2v) is 8.75. The molecule has 0 radical (unpaired) electrons. The van der Waals surface area contributed by atoms with E-state index >= 15 is 0 Å². The summed E-state index contributed by atoms with van der Waals surface area (Å²) in [6, 6.07) is 0. The number of carboxylic acids is 1. The Morgan fingerprint density at radius 1 is 0.571 bits per heavy atom. The van der Waals surface area contributed by atoms with Gasteiger partial charge in [-0.25, -0.2) is 0 Å². The average Bonchev–Trinajstić information content (AvgIpc) is 2.67. The summed E-state index contributed by atoms with van der Waals surface area (Å²) < 4.78 is 0. The highest BCUT2D eigenvalue weighted by Gasteiger charge is 2.25. The van der Waals surface area contributed by atoms with E-state index in [0.717, 1.165) is 25.7 Å². The zero-order valence-corrected chi connectivity index (χ0v) is 19.1. The van der Waals surface area contributed by atoms with Crippen LogP contribution in [0.25, 0.3) is 0 Å². The van der Waals surface area contributed by atoms with Crippen molar-refractivity contribution in [3.8, 4) is 0 Å². The Kier molecular flexibility index (Phi) is 20.7. The van der Waals surface area contributed by atoms with E-state index in [1.54, 1.807) is 0 Å². The van der Waals surface area contributed by atoms with E-state index in [4.69, 9.17) is 0 Å². The maximum absolute atomic E-state index is 11.5. The lowest BCUT2D eigenvalue weighted by Crippen LogP contribution is -2.28. The van der Waals surface area contributed by atoms with Crippen molar-refractivity contribution < 1.29 is 15.0 Å². The van der Waals surface area contributed by atoms with Gasteiger partial charge in [-0.2, -0.15) is 0 Å². The van der Waals surface area contributed by atoms with Crippen molar-refractivity contribution in [1.29, 1.82) is 0 Å². The van der Waals surface area contributed by atoms with Crippen LogP contribution >= 0.6 is 0 Å². The minimum absolute atomic E-state index is 0.571. The zero-order valence-electron chi connectivity index (χ0n) is 19.1. The van der Waals surface area contributed by atoms with Gasteiger partial charge in [0, 0.05) is 0 Å². The van der Waals surface area contributed by atoms with Crippen LogP contribution in [0.5, 0.6) is 0 Å². The third-order valence-corrected chi connectivity index (χ3v) is 6.00. The molecule has 3 heteroatoms. The van der Waals surface area contributed by atoms with Crippen LogP contribution in [0, 0.1) is 5.92 Å². The second kappa shape index (κ2) is 21.1. The maximum Gasteiger partial charge on any atom is 0.309 e. The number of aliphatic carboxylic acids is 1. The fraction of sp³-hybridized carbons (Fsp3) is 0.960. The van der Waals surface area contributed by atoms with Gasteiger partial charge in [0.05, 0.1) is 12.0 Å². The molecule has 0 unspecified atom stereocenters. The summed E-state index contributed by atoms with van der Waals surface area (Å²) in [5, 5.41) is 19.8. The summed E-state index contributed by atoms with van der Waals surface area (Å²) in [4.78, 5) is 11.5. The molecule has 2 N–H and O–H groups in total. The molecule has 0 bridgehead atoms. The molecule has 0 heterocycles. The van der Waals surface area contributed by atoms with Crippen LogP contribution in [0.1, 0.15) is 142 Å². The lowest BCUT2D eigenvalue weighted by atomic mass is 9.91. The molecular formula is C25H50O3. The van der Waals surface area contributed by atoms with Crippen LogP contribution in [-0.2, 0) is 4.79 Å². The summed E-state index contributed by atoms with van der Waals surface area (Å²) in [5.41, 5.74) is 0. The maximum atomic E-state index is 11.5. The van der Waals surface area contributed by atoms with Crippen molar-refractivity contribution in [2.24, 2.45) is 5.92 Å². The van der Waals surface area contributed by atoms with Gasteiger partial charge < -0.3 is 10.2 Å². The highest BCUT2D eigenvalue weighted by molar-refractivity contribution is 5.70. The fourth-order valence-corrected chi connectivity index (χ4v) is 4.02. The normalized spacial score (nSPS) is 13.5. The average molecular weight is 399 g/mol. The minimum atomic E-state index is -0.817. The molecule has 0 aromatic carbocycles. The van der Waals surface area contributed by atoms with Crippen molar-refractivity contribution >= 4 is 5.97 Å². The number of hydrogen-bond acceptors (Lipinski definition) is 2. The molecule has 0 aliphatic rings. The lowest BCUT2D eigenvalue weighted by Gasteiger charge is -2.19. The number of rotatable bonds is 22. The van der Waals surface area contributed by atoms with Crippen LogP contribution in [0.2, 0.25) is 0 Å². The first-order chi connectivity index (χ1) is 13.6. The van der Waals surface area contributed by atoms with Crippen molar-refractivity contribution in [1.82, 2.24) is 0 Å². The molecule has 28 heavy (non-hydrogen) atoms. The number of carboxylic acid groups (broad SMARTS) is 1. The number of aliphatic hydroxyl groups is 1. The molecule has 0 fully saturated rings. The molecule has 0 saturated carbocycles. The van der Waals surface area contributed by atoms with Gasteiger partial charge in [-0.15, -0.1) is 0 Å². The summed E-state index contributed by atoms with van der Waals surface area (Å²) in [7, 11) is 0. The van der Waals surface area contributed by atoms with Crippen molar-refractivity contribution in [3.05, 3.63) is 0 Å². The van der Waals surface area contributed by atoms with E-state index in [-0.39, 0.29) is 0 Å². The molecule has 168 valence electrons. The van der Waals surface area contributed by atoms with Gasteiger partial charge in [-0.1, -0.05) is 129 Å². The van der Waals surface area contributed by atoms with E-state index in [2.05, 4.69) is 13.8 Å². The zero-order chi connectivity index (χ0) is 20.9. The first kappa shape index (κ1) is 27.4. The van der Waals surface area contributed by atoms with E-state index in [1.807, 2.05) is 0 Å². The SMILES string of the molecule is CCCCCCCCCCC[C@H](C(=O)O)[C@@H](O)CCCCCCCCCCC. The summed E-state index contributed by atoms with van der Waals surface area (Å²) >= 11 is 0. The van der Waals surface area contributed by atoms with Crippen molar-refractivity contribution in [3.63, 3.8) is 0 Å². The minimum Gasteiger partial charge on any atom is -0.481 e. The monoisotopic (exact) mass is 398 g/mol. The van der Waals surface area contributed by atoms with Crippen LogP contribution in [0.3, 0.4) is 0 Å². The van der Waals surface area contributed by atoms with E-state index in [1.165, 1.54) is 89.9 Å². The smallest absolute Gasteiger partial charge is 0.309 e. The quantitative estimate of drug-likeness (QED) is 0.182. The molecule has 0 amide bonds. The number of hydrogen-bond donors (Lipinski definition) is 2. The summed E-state index contributed by atoms with van der Waals surface area (Å²) in [6.07, 6.45) is 23.0. The van der Waals surface area contributed by atoms with Gasteiger partial charge in [0.25, 0.3) is 0 Å². The molecule has 0 aliphatic carbocycles. The molecule has 0 aliphatic heterocycles. The van der Waals surface area contributed by atoms with E-state index in [0.29, 0.717) is 12.8 Å². The fourth-order valence-electron chi connectivity index (χ4n) is 4.02. The predicted octanol–water partition coefficient (Wildman–Crippen LogP) is 7.89. The molecule has 0 rings (SSSR count). The molecule has 0 aromatic heterocycles. The van der Waals surface area contributed by atoms with Gasteiger partial charge in [0.2, 0.25) is 0 Å². The van der Waals surface area contributed by atoms with E-state index < -0.39 is 18.0 Å². The van der Waals surface area contributed by atoms with Crippen molar-refractivity contribution in [2.45, 2.75) is 148 Å². The second-order valence-electron chi connectivity index (χ2n) is 8.75. The topological polar surface area (TPSA) is 57.5 Å². The van der Waals surface area contributed by atoms with E-state index in [9.17, 15) is 15.0 Å². The molecule has 0 saturated heterocycles. The first-order valence-corrected chi connectivity index (χ1v) is 12.5. The van der Waals surface area contributed by atoms with Gasteiger partial charge in [-0.05, 0) is 12.8 Å². The van der Waals surface area contributed by atoms with Crippen LogP contribution in [0.4, 0.5) is 0 Å². The third kappa shape index (κ3) is 17.5. The first-order valence-electron chi connectivity index (χ1n) is 12.5. The molecule has 2 atom stereocenters. The third-order valence-electron chi connectivity index (χ3n) is 6.00. The van der Waals surface area contributed by atoms with Crippen LogP contribution in [0.15, 0.2) is 0 Å². The Hall–Kier alpha value is -0.570. The largest absolute Gasteiger partial charge is 0.481 e. The van der Waals surface area contributed by atoms with Gasteiger partial charge in [-0.3, -0.25) is 4.79 Å². The Labute approximate surface area is 175 Å². The highest BCUT2D eigenvalue weighted by atomic mass is 16.4. The summed E-state index contributed by atoms with van der Waals surface area (Å²) in [6.45, 7) is 4.48. The van der Waals surface area contributed by atoms with Gasteiger partial charge in [0.1, 0.15) is 0 Å². The molecular weight excluding hydrogens is 348 g/mol. The highest BCUT2D eigenvalue weighted by Crippen LogP contribution is 2.20. The Morgan fingerprint density at radius 2 is 0.893 bits per heavy atom. The number of carbonyl (C=O) groups is 1. The predicted molar refractivity (Wildman–Crippen MR) is 121 cm³/mol. The number of aliphatic hydroxyl groups excluding tert-OH is 1. The molecule has 0 aromatic rings. The van der Waals surface area contributed by atoms with Gasteiger partial charge in [0.15, 0.2) is 0 Å². The number of unbranched alkanes of at least 4 members (excludes halogenated alkanes) is 16. The Bertz CT molecular complexity index is 330. The van der Waals surface area contributed by atoms with Crippen LogP contribution in [-0.4, -0.2) is 22.3 Å². The Balaban J connectivity index is 3.66. The lowest BCUT2D eigenvalue weighted by molar-refractivity contribution is -0.146.